The first-order valence-electron chi connectivity index (χ1n) is 27.2. The second-order valence-corrected chi connectivity index (χ2v) is 22.3. The van der Waals surface area contributed by atoms with Crippen LogP contribution < -0.4 is 0 Å². The standard InChI is InChI=1S/C69H67N3O.Pt/c1-43(2)52-40-58(44(3)4)66(73)59(41-52)67-71-65-57(53-37-54(39-55(38-53)68(6,7)8)61-42-50(34-35-70-61)48-30-28-47(29-31-48)46-20-14-12-15-21-46)25-19-27-63(65)72(67)62-33-32-51(36-45(62)5)64-56(49-22-16-13-17-23-49)24-18-26-60(64)69(9,10)11;/h12-44,73H,1-11H3;/i5D3;. The maximum Gasteiger partial charge on any atom is 0.149 e. The summed E-state index contributed by atoms with van der Waals surface area (Å²) in [6.45, 7) is 19.2. The molecule has 10 aromatic rings. The van der Waals surface area contributed by atoms with Gasteiger partial charge in [0.1, 0.15) is 11.6 Å². The largest absolute Gasteiger partial charge is 0.507 e. The smallest absolute Gasteiger partial charge is 0.149 e. The average Bonchev–Trinajstić information content (AvgIpc) is 3.89. The number of aryl methyl sites for hydroxylation is 1. The van der Waals surface area contributed by atoms with Gasteiger partial charge in [0.2, 0.25) is 0 Å². The number of fused-ring (bicyclic) bond motifs is 1. The number of aromatic nitrogens is 3. The van der Waals surface area contributed by atoms with Gasteiger partial charge in [0, 0.05) is 42.5 Å². The van der Waals surface area contributed by atoms with Crippen LogP contribution in [0.15, 0.2) is 188 Å². The van der Waals surface area contributed by atoms with Gasteiger partial charge < -0.3 is 5.11 Å². The van der Waals surface area contributed by atoms with Crippen molar-refractivity contribution in [3.05, 3.63) is 216 Å². The molecule has 0 bridgehead atoms. The van der Waals surface area contributed by atoms with Crippen molar-refractivity contribution in [3.8, 4) is 89.7 Å². The van der Waals surface area contributed by atoms with E-state index in [9.17, 15) is 9.22 Å². The first-order chi connectivity index (χ1) is 36.2. The van der Waals surface area contributed by atoms with E-state index >= 15 is 0 Å². The van der Waals surface area contributed by atoms with Gasteiger partial charge in [-0.1, -0.05) is 203 Å². The molecule has 0 fully saturated rings. The average molecular weight is 1150 g/mol. The van der Waals surface area contributed by atoms with E-state index < -0.39 is 6.85 Å². The number of aromatic hydroxyl groups is 1. The number of benzene rings is 8. The monoisotopic (exact) mass is 1150 g/mol. The molecule has 0 saturated carbocycles. The van der Waals surface area contributed by atoms with E-state index in [4.69, 9.17) is 9.97 Å². The van der Waals surface area contributed by atoms with Crippen LogP contribution in [0.25, 0.3) is 95.0 Å². The molecule has 0 aliphatic heterocycles. The topological polar surface area (TPSA) is 50.9 Å². The van der Waals surface area contributed by atoms with Gasteiger partial charge in [0.25, 0.3) is 0 Å². The van der Waals surface area contributed by atoms with E-state index in [0.29, 0.717) is 28.1 Å². The fourth-order valence-electron chi connectivity index (χ4n) is 10.2. The quantitative estimate of drug-likeness (QED) is 0.148. The molecule has 2 aromatic heterocycles. The van der Waals surface area contributed by atoms with Crippen LogP contribution in [0.5, 0.6) is 5.75 Å². The third-order valence-electron chi connectivity index (χ3n) is 14.4. The number of pyridine rings is 1. The van der Waals surface area contributed by atoms with Crippen molar-refractivity contribution in [2.75, 3.05) is 0 Å². The summed E-state index contributed by atoms with van der Waals surface area (Å²) in [7, 11) is 0. The number of imidazole rings is 1. The van der Waals surface area contributed by atoms with Crippen LogP contribution in [-0.4, -0.2) is 19.6 Å². The van der Waals surface area contributed by atoms with Crippen molar-refractivity contribution >= 4 is 11.0 Å². The molecule has 8 aromatic carbocycles. The second kappa shape index (κ2) is 20.6. The predicted molar refractivity (Wildman–Crippen MR) is 309 cm³/mol. The van der Waals surface area contributed by atoms with E-state index in [-0.39, 0.29) is 55.0 Å². The van der Waals surface area contributed by atoms with E-state index in [0.717, 1.165) is 83.6 Å². The van der Waals surface area contributed by atoms with E-state index in [1.807, 2.05) is 65.4 Å². The zero-order valence-electron chi connectivity index (χ0n) is 47.2. The zero-order valence-corrected chi connectivity index (χ0v) is 46.4. The Morgan fingerprint density at radius 1 is 0.514 bits per heavy atom. The SMILES string of the molecule is [2H]C([2H])([2H])c1cc(-c2c(-c3ccccc3)cccc2C(C)(C)C)ccc1-n1c(-c2cc(C(C)C)cc(C(C)C)c2O)nc2c(-c3cc(-c4cc(-c5ccc(-c6ccccc6)cc5)ccn4)cc(C(C)(C)C)c3)cccc21.[Pt]. The fourth-order valence-corrected chi connectivity index (χ4v) is 10.2. The molecule has 0 saturated heterocycles. The molecule has 4 nitrogen and oxygen atoms in total. The van der Waals surface area contributed by atoms with Gasteiger partial charge in [-0.3, -0.25) is 9.55 Å². The Morgan fingerprint density at radius 3 is 1.78 bits per heavy atom. The summed E-state index contributed by atoms with van der Waals surface area (Å²) in [5.41, 5.74) is 18.2. The molecule has 5 heteroatoms. The number of para-hydroxylation sites is 1. The summed E-state index contributed by atoms with van der Waals surface area (Å²) in [5, 5.41) is 12.5. The van der Waals surface area contributed by atoms with Crippen molar-refractivity contribution < 1.29 is 30.3 Å². The zero-order chi connectivity index (χ0) is 53.8. The van der Waals surface area contributed by atoms with Crippen LogP contribution >= 0.6 is 0 Å². The third kappa shape index (κ3) is 10.1. The molecule has 2 heterocycles. The second-order valence-electron chi connectivity index (χ2n) is 22.3. The summed E-state index contributed by atoms with van der Waals surface area (Å²) in [4.78, 5) is 10.6. The Morgan fingerprint density at radius 2 is 1.14 bits per heavy atom. The van der Waals surface area contributed by atoms with E-state index in [2.05, 4.69) is 197 Å². The molecule has 1 N–H and O–H groups in total. The molecule has 0 aliphatic carbocycles. The van der Waals surface area contributed by atoms with Gasteiger partial charge in [-0.25, -0.2) is 4.98 Å². The summed E-state index contributed by atoms with van der Waals surface area (Å²) < 4.78 is 29.9. The number of nitrogens with zero attached hydrogens (tertiary/aromatic N) is 3. The maximum atomic E-state index is 12.5. The number of hydrogen-bond acceptors (Lipinski definition) is 3. The summed E-state index contributed by atoms with van der Waals surface area (Å²) in [6.07, 6.45) is 1.88. The number of hydrogen-bond donors (Lipinski definition) is 1. The minimum Gasteiger partial charge on any atom is -0.507 e. The molecule has 0 unspecified atom stereocenters. The summed E-state index contributed by atoms with van der Waals surface area (Å²) in [5.74, 6) is 0.740. The molecule has 0 atom stereocenters. The number of rotatable bonds is 10. The van der Waals surface area contributed by atoms with Gasteiger partial charge in [-0.15, -0.1) is 0 Å². The van der Waals surface area contributed by atoms with Gasteiger partial charge >= 0.3 is 0 Å². The van der Waals surface area contributed by atoms with Gasteiger partial charge in [0.15, 0.2) is 0 Å². The predicted octanol–water partition coefficient (Wildman–Crippen LogP) is 18.9. The van der Waals surface area contributed by atoms with Crippen molar-refractivity contribution in [2.45, 2.75) is 98.8 Å². The van der Waals surface area contributed by atoms with Crippen molar-refractivity contribution in [1.29, 1.82) is 0 Å². The van der Waals surface area contributed by atoms with Crippen LogP contribution in [0.4, 0.5) is 0 Å². The van der Waals surface area contributed by atoms with Crippen molar-refractivity contribution in [2.24, 2.45) is 0 Å². The van der Waals surface area contributed by atoms with Crippen LogP contribution in [-0.2, 0) is 31.9 Å². The Labute approximate surface area is 457 Å². The molecule has 0 radical (unpaired) electrons. The normalized spacial score (nSPS) is 12.7. The molecule has 0 amide bonds. The minimum absolute atomic E-state index is 0. The van der Waals surface area contributed by atoms with Gasteiger partial charge in [-0.05, 0) is 156 Å². The maximum absolute atomic E-state index is 12.5. The van der Waals surface area contributed by atoms with E-state index in [1.54, 1.807) is 0 Å². The third-order valence-corrected chi connectivity index (χ3v) is 14.4. The number of phenols is 1. The van der Waals surface area contributed by atoms with Gasteiger partial charge in [-0.2, -0.15) is 0 Å². The Bertz CT molecular complexity index is 3770. The molecular weight excluding hydrogens is 1080 g/mol. The van der Waals surface area contributed by atoms with Crippen LogP contribution in [0.2, 0.25) is 0 Å². The Hall–Kier alpha value is -7.13. The van der Waals surface area contributed by atoms with E-state index in [1.165, 1.54) is 5.56 Å². The molecule has 0 spiro atoms. The van der Waals surface area contributed by atoms with Crippen LogP contribution in [0.1, 0.15) is 113 Å². The van der Waals surface area contributed by atoms with Crippen molar-refractivity contribution in [1.82, 2.24) is 14.5 Å². The first-order valence-corrected chi connectivity index (χ1v) is 25.7. The molecular formula is C69H67N3OPt. The molecule has 10 rings (SSSR count). The summed E-state index contributed by atoms with van der Waals surface area (Å²) >= 11 is 0. The van der Waals surface area contributed by atoms with Gasteiger partial charge in [0.05, 0.1) is 28.0 Å². The Kier molecular flexibility index (Phi) is 13.3. The van der Waals surface area contributed by atoms with Crippen LogP contribution in [0, 0.1) is 6.85 Å². The molecule has 74 heavy (non-hydrogen) atoms. The fraction of sp³-hybridized carbons (Fsp3) is 0.217. The van der Waals surface area contributed by atoms with Crippen molar-refractivity contribution in [3.63, 3.8) is 0 Å². The number of phenolic OH excluding ortho intramolecular Hbond substituents is 1. The molecule has 0 aliphatic rings. The minimum atomic E-state index is -2.55. The molecule has 374 valence electrons. The summed E-state index contributed by atoms with van der Waals surface area (Å²) in [6, 6.07) is 62.8. The van der Waals surface area contributed by atoms with Crippen LogP contribution in [0.3, 0.4) is 0 Å². The first kappa shape index (κ1) is 47.8. The Balaban J connectivity index is 0.00000722.